The Hall–Kier alpha value is -2.30. The summed E-state index contributed by atoms with van der Waals surface area (Å²) in [4.78, 5) is 6.93. The van der Waals surface area contributed by atoms with Gasteiger partial charge in [0.1, 0.15) is 0 Å². The van der Waals surface area contributed by atoms with Crippen LogP contribution in [0, 0.1) is 0 Å². The molecule has 0 spiro atoms. The fraction of sp³-hybridized carbons (Fsp3) is 0.0714. The summed E-state index contributed by atoms with van der Waals surface area (Å²) < 4.78 is 38.9. The van der Waals surface area contributed by atoms with E-state index in [1.54, 1.807) is 30.6 Å². The summed E-state index contributed by atoms with van der Waals surface area (Å²) in [5, 5.41) is 0.787. The number of aromatic amines is 1. The third kappa shape index (κ3) is 2.07. The molecule has 0 aliphatic heterocycles. The van der Waals surface area contributed by atoms with Gasteiger partial charge in [-0.15, -0.1) is 0 Å². The van der Waals surface area contributed by atoms with Crippen LogP contribution in [0.4, 0.5) is 13.2 Å². The van der Waals surface area contributed by atoms with Crippen molar-refractivity contribution in [1.82, 2.24) is 9.97 Å². The minimum Gasteiger partial charge on any atom is -0.354 e. The maximum absolute atomic E-state index is 13.0. The van der Waals surface area contributed by atoms with Crippen LogP contribution in [0.25, 0.3) is 22.2 Å². The Morgan fingerprint density at radius 3 is 2.58 bits per heavy atom. The van der Waals surface area contributed by atoms with Crippen LogP contribution in [0.15, 0.2) is 48.8 Å². The van der Waals surface area contributed by atoms with E-state index in [-0.39, 0.29) is 5.56 Å². The van der Waals surface area contributed by atoms with Gasteiger partial charge < -0.3 is 4.98 Å². The second-order valence-electron chi connectivity index (χ2n) is 4.19. The Morgan fingerprint density at radius 2 is 1.84 bits per heavy atom. The first-order valence-corrected chi connectivity index (χ1v) is 5.65. The van der Waals surface area contributed by atoms with Crippen molar-refractivity contribution in [2.45, 2.75) is 6.18 Å². The van der Waals surface area contributed by atoms with Crippen molar-refractivity contribution in [2.75, 3.05) is 0 Å². The van der Waals surface area contributed by atoms with Crippen LogP contribution in [-0.2, 0) is 6.18 Å². The quantitative estimate of drug-likeness (QED) is 0.697. The van der Waals surface area contributed by atoms with Crippen molar-refractivity contribution in [2.24, 2.45) is 0 Å². The van der Waals surface area contributed by atoms with Crippen LogP contribution in [0.3, 0.4) is 0 Å². The summed E-state index contributed by atoms with van der Waals surface area (Å²) in [6.07, 6.45) is -1.16. The van der Waals surface area contributed by atoms with Gasteiger partial charge in [-0.05, 0) is 18.2 Å². The van der Waals surface area contributed by atoms with Gasteiger partial charge in [0.25, 0.3) is 0 Å². The average molecular weight is 262 g/mol. The third-order valence-corrected chi connectivity index (χ3v) is 2.94. The molecule has 0 amide bonds. The van der Waals surface area contributed by atoms with Crippen LogP contribution in [-0.4, -0.2) is 9.97 Å². The molecule has 0 saturated heterocycles. The standard InChI is InChI=1S/C14H9F3N2/c15-14(16,17)11-4-2-1-3-10(11)13-7-9-8-18-6-5-12(9)19-13/h1-8,19H. The lowest BCUT2D eigenvalue weighted by Crippen LogP contribution is -2.06. The number of alkyl halides is 3. The number of pyridine rings is 1. The SMILES string of the molecule is FC(F)(F)c1ccccc1-c1cc2cnccc2[nH]1. The van der Waals surface area contributed by atoms with E-state index in [2.05, 4.69) is 9.97 Å². The van der Waals surface area contributed by atoms with Gasteiger partial charge in [-0.2, -0.15) is 13.2 Å². The highest BCUT2D eigenvalue weighted by Crippen LogP contribution is 2.37. The molecule has 0 bridgehead atoms. The van der Waals surface area contributed by atoms with Gasteiger partial charge >= 0.3 is 6.18 Å². The molecule has 0 unspecified atom stereocenters. The lowest BCUT2D eigenvalue weighted by atomic mass is 10.0. The molecule has 0 fully saturated rings. The number of nitrogens with one attached hydrogen (secondary N) is 1. The predicted molar refractivity (Wildman–Crippen MR) is 66.5 cm³/mol. The largest absolute Gasteiger partial charge is 0.417 e. The Morgan fingerprint density at radius 1 is 1.05 bits per heavy atom. The average Bonchev–Trinajstić information content (AvgIpc) is 2.81. The minimum absolute atomic E-state index is 0.145. The van der Waals surface area contributed by atoms with Gasteiger partial charge in [0, 0.05) is 34.6 Å². The molecule has 0 saturated carbocycles. The first-order chi connectivity index (χ1) is 9.05. The molecule has 1 aromatic carbocycles. The van der Waals surface area contributed by atoms with E-state index in [0.29, 0.717) is 5.69 Å². The zero-order chi connectivity index (χ0) is 13.5. The van der Waals surface area contributed by atoms with Gasteiger partial charge in [0.05, 0.1) is 5.56 Å². The number of halogens is 3. The first kappa shape index (κ1) is 11.8. The number of nitrogens with zero attached hydrogens (tertiary/aromatic N) is 1. The number of fused-ring (bicyclic) bond motifs is 1. The zero-order valence-corrected chi connectivity index (χ0v) is 9.70. The molecule has 0 aliphatic carbocycles. The molecule has 0 atom stereocenters. The van der Waals surface area contributed by atoms with Crippen LogP contribution < -0.4 is 0 Å². The number of hydrogen-bond acceptors (Lipinski definition) is 1. The Kier molecular flexibility index (Phi) is 2.55. The molecule has 2 heterocycles. The monoisotopic (exact) mass is 262 g/mol. The van der Waals surface area contributed by atoms with E-state index in [1.165, 1.54) is 12.1 Å². The maximum Gasteiger partial charge on any atom is 0.417 e. The fourth-order valence-corrected chi connectivity index (χ4v) is 2.08. The summed E-state index contributed by atoms with van der Waals surface area (Å²) in [7, 11) is 0. The van der Waals surface area contributed by atoms with Gasteiger partial charge in [-0.3, -0.25) is 4.98 Å². The van der Waals surface area contributed by atoms with E-state index in [1.807, 2.05) is 0 Å². The van der Waals surface area contributed by atoms with Crippen molar-refractivity contribution in [3.63, 3.8) is 0 Å². The molecule has 5 heteroatoms. The Bertz CT molecular complexity index is 696. The molecule has 1 N–H and O–H groups in total. The molecule has 0 aliphatic rings. The molecular formula is C14H9F3N2. The van der Waals surface area contributed by atoms with Crippen molar-refractivity contribution in [3.05, 3.63) is 54.4 Å². The highest BCUT2D eigenvalue weighted by atomic mass is 19.4. The van der Waals surface area contributed by atoms with Crippen molar-refractivity contribution in [1.29, 1.82) is 0 Å². The van der Waals surface area contributed by atoms with Crippen LogP contribution in [0.5, 0.6) is 0 Å². The van der Waals surface area contributed by atoms with Crippen molar-refractivity contribution >= 4 is 10.9 Å². The molecule has 3 rings (SSSR count). The number of aromatic nitrogens is 2. The van der Waals surface area contributed by atoms with E-state index in [9.17, 15) is 13.2 Å². The number of hydrogen-bond donors (Lipinski definition) is 1. The maximum atomic E-state index is 13.0. The second kappa shape index (κ2) is 4.12. The topological polar surface area (TPSA) is 28.7 Å². The van der Waals surface area contributed by atoms with E-state index < -0.39 is 11.7 Å². The summed E-state index contributed by atoms with van der Waals surface area (Å²) in [6.45, 7) is 0. The van der Waals surface area contributed by atoms with Gasteiger partial charge in [0.15, 0.2) is 0 Å². The highest BCUT2D eigenvalue weighted by molar-refractivity contribution is 5.85. The minimum atomic E-state index is -4.37. The molecule has 3 aromatic rings. The van der Waals surface area contributed by atoms with Crippen LogP contribution in [0.1, 0.15) is 5.56 Å². The van der Waals surface area contributed by atoms with E-state index in [0.717, 1.165) is 17.0 Å². The number of H-pyrrole nitrogens is 1. The van der Waals surface area contributed by atoms with Gasteiger partial charge in [-0.1, -0.05) is 18.2 Å². The predicted octanol–water partition coefficient (Wildman–Crippen LogP) is 4.25. The Labute approximate surface area is 106 Å². The molecule has 19 heavy (non-hydrogen) atoms. The van der Waals surface area contributed by atoms with Crippen LogP contribution in [0.2, 0.25) is 0 Å². The van der Waals surface area contributed by atoms with Gasteiger partial charge in [-0.25, -0.2) is 0 Å². The summed E-state index contributed by atoms with van der Waals surface area (Å²) in [5.41, 5.74) is 0.707. The third-order valence-electron chi connectivity index (χ3n) is 2.94. The normalized spacial score (nSPS) is 11.9. The lowest BCUT2D eigenvalue weighted by molar-refractivity contribution is -0.137. The smallest absolute Gasteiger partial charge is 0.354 e. The molecular weight excluding hydrogens is 253 g/mol. The van der Waals surface area contributed by atoms with E-state index >= 15 is 0 Å². The summed E-state index contributed by atoms with van der Waals surface area (Å²) in [5.74, 6) is 0. The van der Waals surface area contributed by atoms with Gasteiger partial charge in [0.2, 0.25) is 0 Å². The zero-order valence-electron chi connectivity index (χ0n) is 9.70. The second-order valence-corrected chi connectivity index (χ2v) is 4.19. The first-order valence-electron chi connectivity index (χ1n) is 5.65. The molecule has 2 nitrogen and oxygen atoms in total. The van der Waals surface area contributed by atoms with E-state index in [4.69, 9.17) is 0 Å². The molecule has 0 radical (unpaired) electrons. The summed E-state index contributed by atoms with van der Waals surface area (Å²) >= 11 is 0. The fourth-order valence-electron chi connectivity index (χ4n) is 2.08. The lowest BCUT2D eigenvalue weighted by Gasteiger charge is -2.11. The van der Waals surface area contributed by atoms with Crippen LogP contribution >= 0.6 is 0 Å². The molecule has 96 valence electrons. The Balaban J connectivity index is 2.22. The summed E-state index contributed by atoms with van der Waals surface area (Å²) in [6, 6.07) is 8.92. The van der Waals surface area contributed by atoms with Crippen molar-refractivity contribution in [3.8, 4) is 11.3 Å². The number of benzene rings is 1. The van der Waals surface area contributed by atoms with Crippen molar-refractivity contribution < 1.29 is 13.2 Å². The number of rotatable bonds is 1. The molecule has 2 aromatic heterocycles. The highest BCUT2D eigenvalue weighted by Gasteiger charge is 2.33.